The minimum absolute atomic E-state index is 0.0396. The van der Waals surface area contributed by atoms with Crippen molar-refractivity contribution in [3.63, 3.8) is 0 Å². The van der Waals surface area contributed by atoms with Crippen LogP contribution >= 0.6 is 0 Å². The van der Waals surface area contributed by atoms with E-state index in [2.05, 4.69) is 30.8 Å². The molecule has 0 amide bonds. The topological polar surface area (TPSA) is 157 Å². The van der Waals surface area contributed by atoms with Crippen molar-refractivity contribution in [1.82, 2.24) is 20.6 Å². The maximum absolute atomic E-state index is 5.07. The number of nitrogens with zero attached hydrogens (tertiary/aromatic N) is 5. The van der Waals surface area contributed by atoms with Crippen LogP contribution in [0, 0.1) is 0 Å². The van der Waals surface area contributed by atoms with Gasteiger partial charge in [-0.1, -0.05) is 35.4 Å². The molecular formula is C9H13N9. The van der Waals surface area contributed by atoms with Crippen molar-refractivity contribution in [1.29, 1.82) is 0 Å². The second kappa shape index (κ2) is 7.33. The van der Waals surface area contributed by atoms with E-state index in [-0.39, 0.29) is 11.9 Å². The van der Waals surface area contributed by atoms with Gasteiger partial charge in [0.05, 0.1) is 6.21 Å². The number of guanidine groups is 1. The van der Waals surface area contributed by atoms with Crippen molar-refractivity contribution in [3.05, 3.63) is 35.9 Å². The van der Waals surface area contributed by atoms with Gasteiger partial charge in [-0.2, -0.15) is 10.3 Å². The number of anilines is 1. The first-order chi connectivity index (χ1) is 8.68. The summed E-state index contributed by atoms with van der Waals surface area (Å²) in [5, 5.41) is 19.1. The molecule has 2 rings (SSSR count). The lowest BCUT2D eigenvalue weighted by Crippen LogP contribution is -2.21. The predicted octanol–water partition coefficient (Wildman–Crippen LogP) is -0.924. The number of aromatic amines is 1. The van der Waals surface area contributed by atoms with Crippen LogP contribution in [0.2, 0.25) is 0 Å². The molecule has 1 aromatic heterocycles. The van der Waals surface area contributed by atoms with Crippen molar-refractivity contribution in [2.75, 3.05) is 5.73 Å². The van der Waals surface area contributed by atoms with Gasteiger partial charge in [-0.15, -0.1) is 10.2 Å². The number of hydrogen-bond acceptors (Lipinski definition) is 6. The molecule has 1 heterocycles. The Kier molecular flexibility index (Phi) is 5.33. The maximum Gasteiger partial charge on any atom is 0.260 e. The van der Waals surface area contributed by atoms with Gasteiger partial charge >= 0.3 is 0 Å². The quantitative estimate of drug-likeness (QED) is 0.305. The van der Waals surface area contributed by atoms with Gasteiger partial charge in [-0.25, -0.2) is 0 Å². The summed E-state index contributed by atoms with van der Waals surface area (Å²) in [6, 6.07) is 9.57. The number of nitrogens with two attached hydrogens (primary N) is 3. The van der Waals surface area contributed by atoms with Crippen LogP contribution in [0.15, 0.2) is 40.5 Å². The Labute approximate surface area is 103 Å². The molecule has 9 heteroatoms. The molecule has 0 aliphatic rings. The lowest BCUT2D eigenvalue weighted by Gasteiger charge is -1.87. The minimum Gasteiger partial charge on any atom is -0.369 e. The Balaban J connectivity index is 0.000000225. The van der Waals surface area contributed by atoms with Gasteiger partial charge in [0.1, 0.15) is 0 Å². The standard InChI is InChI=1S/C8H10N4.CH3N5/c9-8(10)12-11-6-7-4-2-1-3-5-7;2-1-3-5-6-4-1/h1-6H,(H4,9,10,12);(H3,2,3,4,5,6)/b11-6+;. The largest absolute Gasteiger partial charge is 0.369 e. The van der Waals surface area contributed by atoms with Gasteiger partial charge < -0.3 is 17.2 Å². The van der Waals surface area contributed by atoms with Crippen LogP contribution in [0.5, 0.6) is 0 Å². The third kappa shape index (κ3) is 5.80. The molecule has 9 nitrogen and oxygen atoms in total. The highest BCUT2D eigenvalue weighted by molar-refractivity contribution is 5.81. The molecule has 0 aliphatic carbocycles. The monoisotopic (exact) mass is 247 g/mol. The van der Waals surface area contributed by atoms with E-state index in [4.69, 9.17) is 17.2 Å². The molecular weight excluding hydrogens is 234 g/mol. The summed E-state index contributed by atoms with van der Waals surface area (Å²) in [6.07, 6.45) is 1.58. The smallest absolute Gasteiger partial charge is 0.260 e. The second-order valence-electron chi connectivity index (χ2n) is 2.95. The van der Waals surface area contributed by atoms with Crippen molar-refractivity contribution in [2.24, 2.45) is 21.7 Å². The highest BCUT2D eigenvalue weighted by atomic mass is 15.5. The number of nitrogen functional groups attached to an aromatic ring is 1. The number of tetrazole rings is 1. The zero-order valence-electron chi connectivity index (χ0n) is 9.43. The Morgan fingerprint density at radius 2 is 1.94 bits per heavy atom. The van der Waals surface area contributed by atoms with Gasteiger partial charge in [-0.3, -0.25) is 0 Å². The minimum atomic E-state index is -0.0396. The fourth-order valence-electron chi connectivity index (χ4n) is 0.871. The SMILES string of the molecule is NC(N)=N/N=C/c1ccccc1.Nc1nn[nH]n1. The lowest BCUT2D eigenvalue weighted by atomic mass is 10.2. The van der Waals surface area contributed by atoms with Crippen molar-refractivity contribution >= 4 is 18.1 Å². The van der Waals surface area contributed by atoms with E-state index in [1.165, 1.54) is 0 Å². The number of benzene rings is 1. The Bertz CT molecular complexity index is 484. The third-order valence-corrected chi connectivity index (χ3v) is 1.54. The first-order valence-corrected chi connectivity index (χ1v) is 4.84. The van der Waals surface area contributed by atoms with Crippen molar-refractivity contribution < 1.29 is 0 Å². The third-order valence-electron chi connectivity index (χ3n) is 1.54. The summed E-state index contributed by atoms with van der Waals surface area (Å²) >= 11 is 0. The summed E-state index contributed by atoms with van der Waals surface area (Å²) in [6.45, 7) is 0. The fraction of sp³-hybridized carbons (Fsp3) is 0. The lowest BCUT2D eigenvalue weighted by molar-refractivity contribution is 0.881. The fourth-order valence-corrected chi connectivity index (χ4v) is 0.871. The molecule has 0 radical (unpaired) electrons. The average Bonchev–Trinajstić information content (AvgIpc) is 2.82. The predicted molar refractivity (Wildman–Crippen MR) is 68.4 cm³/mol. The van der Waals surface area contributed by atoms with E-state index in [1.54, 1.807) is 6.21 Å². The zero-order valence-corrected chi connectivity index (χ0v) is 9.43. The molecule has 18 heavy (non-hydrogen) atoms. The van der Waals surface area contributed by atoms with Crippen LogP contribution in [0.4, 0.5) is 5.95 Å². The molecule has 0 atom stereocenters. The molecule has 0 unspecified atom stereocenters. The summed E-state index contributed by atoms with van der Waals surface area (Å²) in [7, 11) is 0. The molecule has 0 saturated heterocycles. The van der Waals surface area contributed by atoms with Crippen LogP contribution in [-0.4, -0.2) is 32.8 Å². The van der Waals surface area contributed by atoms with E-state index in [9.17, 15) is 0 Å². The van der Waals surface area contributed by atoms with Crippen LogP contribution in [0.3, 0.4) is 0 Å². The zero-order chi connectivity index (χ0) is 13.2. The van der Waals surface area contributed by atoms with E-state index >= 15 is 0 Å². The normalized spacial score (nSPS) is 9.56. The van der Waals surface area contributed by atoms with Gasteiger partial charge in [0, 0.05) is 0 Å². The van der Waals surface area contributed by atoms with Crippen molar-refractivity contribution in [3.8, 4) is 0 Å². The highest BCUT2D eigenvalue weighted by Crippen LogP contribution is 1.93. The van der Waals surface area contributed by atoms with Gasteiger partial charge in [0.25, 0.3) is 5.95 Å². The number of nitrogens with one attached hydrogen (secondary N) is 1. The Hall–Kier alpha value is -2.97. The first-order valence-electron chi connectivity index (χ1n) is 4.84. The van der Waals surface area contributed by atoms with Gasteiger partial charge in [0.2, 0.25) is 5.96 Å². The summed E-state index contributed by atoms with van der Waals surface area (Å²) in [4.78, 5) is 0. The first kappa shape index (κ1) is 13.1. The number of aromatic nitrogens is 4. The molecule has 0 saturated carbocycles. The summed E-state index contributed by atoms with van der Waals surface area (Å²) < 4.78 is 0. The van der Waals surface area contributed by atoms with E-state index in [1.807, 2.05) is 30.3 Å². The maximum atomic E-state index is 5.07. The molecule has 94 valence electrons. The second-order valence-corrected chi connectivity index (χ2v) is 2.95. The van der Waals surface area contributed by atoms with Gasteiger partial charge in [0.15, 0.2) is 0 Å². The van der Waals surface area contributed by atoms with E-state index in [0.29, 0.717) is 0 Å². The van der Waals surface area contributed by atoms with Crippen LogP contribution in [-0.2, 0) is 0 Å². The Morgan fingerprint density at radius 1 is 1.22 bits per heavy atom. The Morgan fingerprint density at radius 3 is 2.39 bits per heavy atom. The molecule has 0 spiro atoms. The number of hydrogen-bond donors (Lipinski definition) is 4. The average molecular weight is 247 g/mol. The van der Waals surface area contributed by atoms with Gasteiger partial charge in [-0.05, 0) is 10.8 Å². The van der Waals surface area contributed by atoms with Crippen LogP contribution < -0.4 is 17.2 Å². The number of rotatable bonds is 2. The molecule has 0 fully saturated rings. The number of H-pyrrole nitrogens is 1. The molecule has 1 aromatic carbocycles. The molecule has 0 aliphatic heterocycles. The van der Waals surface area contributed by atoms with E-state index in [0.717, 1.165) is 5.56 Å². The van der Waals surface area contributed by atoms with E-state index < -0.39 is 0 Å². The molecule has 2 aromatic rings. The highest BCUT2D eigenvalue weighted by Gasteiger charge is 1.81. The van der Waals surface area contributed by atoms with Crippen molar-refractivity contribution in [2.45, 2.75) is 0 Å². The molecule has 7 N–H and O–H groups in total. The summed E-state index contributed by atoms with van der Waals surface area (Å²) in [5.74, 6) is 0.136. The molecule has 0 bridgehead atoms. The van der Waals surface area contributed by atoms with Crippen LogP contribution in [0.1, 0.15) is 5.56 Å². The summed E-state index contributed by atoms with van der Waals surface area (Å²) in [5.41, 5.74) is 16.1. The van der Waals surface area contributed by atoms with Crippen LogP contribution in [0.25, 0.3) is 0 Å².